The maximum Gasteiger partial charge on any atom is 0.252 e. The lowest BCUT2D eigenvalue weighted by Crippen LogP contribution is -2.38. The number of para-hydroxylation sites is 1. The quantitative estimate of drug-likeness (QED) is 0.157. The van der Waals surface area contributed by atoms with Gasteiger partial charge in [0.2, 0.25) is 11.8 Å². The van der Waals surface area contributed by atoms with Crippen molar-refractivity contribution in [3.63, 3.8) is 0 Å². The Morgan fingerprint density at radius 3 is 2.27 bits per heavy atom. The number of amides is 3. The second kappa shape index (κ2) is 18.3. The highest BCUT2D eigenvalue weighted by Gasteiger charge is 2.25. The van der Waals surface area contributed by atoms with Crippen LogP contribution in [0.3, 0.4) is 0 Å². The van der Waals surface area contributed by atoms with Crippen molar-refractivity contribution in [1.29, 1.82) is 0 Å². The summed E-state index contributed by atoms with van der Waals surface area (Å²) >= 11 is 0. The summed E-state index contributed by atoms with van der Waals surface area (Å²) in [5, 5.41) is 18.8. The summed E-state index contributed by atoms with van der Waals surface area (Å²) in [6.07, 6.45) is 5.35. The molecule has 3 aromatic rings. The maximum absolute atomic E-state index is 13.6. The number of aromatic hydroxyl groups is 1. The van der Waals surface area contributed by atoms with Crippen molar-refractivity contribution in [3.05, 3.63) is 70.9 Å². The van der Waals surface area contributed by atoms with Crippen molar-refractivity contribution in [2.45, 2.75) is 46.5 Å². The van der Waals surface area contributed by atoms with E-state index in [4.69, 9.17) is 19.2 Å². The number of ether oxygens (including phenoxy) is 3. The molecule has 0 unspecified atom stereocenters. The lowest BCUT2D eigenvalue weighted by molar-refractivity contribution is -0.126. The standard InChI is InChI=1S/C37H48N4O7/c1-37(2,3)15-16-38-33(44)25-48-22-21-47-20-19-46-18-17-39-32(43)24-40-36(45)34-29-8-4-5-10-31(29)41-35-27(7-6-9-30(34)35)23-26-11-13-28(42)14-12-26/h4-5,8,10-14,23,42H,6-7,9,15-22,24-25H2,1-3H3,(H,38,44)(H,39,43)(H,40,45)/b27-23-. The monoisotopic (exact) mass is 660 g/mol. The van der Waals surface area contributed by atoms with Crippen LogP contribution in [0.25, 0.3) is 22.6 Å². The Morgan fingerprint density at radius 2 is 1.52 bits per heavy atom. The van der Waals surface area contributed by atoms with Crippen molar-refractivity contribution in [1.82, 2.24) is 20.9 Å². The molecule has 0 bridgehead atoms. The maximum atomic E-state index is 13.6. The minimum Gasteiger partial charge on any atom is -0.508 e. The molecule has 11 heteroatoms. The van der Waals surface area contributed by atoms with Gasteiger partial charge in [-0.25, -0.2) is 4.98 Å². The highest BCUT2D eigenvalue weighted by Crippen LogP contribution is 2.36. The summed E-state index contributed by atoms with van der Waals surface area (Å²) in [6.45, 7) is 8.81. The number of phenols is 1. The van der Waals surface area contributed by atoms with E-state index in [1.807, 2.05) is 36.4 Å². The Labute approximate surface area is 282 Å². The van der Waals surface area contributed by atoms with E-state index in [9.17, 15) is 19.5 Å². The number of carbonyl (C=O) groups excluding carboxylic acids is 3. The minimum atomic E-state index is -0.317. The van der Waals surface area contributed by atoms with E-state index in [1.165, 1.54) is 0 Å². The number of fused-ring (bicyclic) bond motifs is 2. The molecule has 0 spiro atoms. The average molecular weight is 661 g/mol. The zero-order valence-corrected chi connectivity index (χ0v) is 28.2. The van der Waals surface area contributed by atoms with Crippen LogP contribution in [0.5, 0.6) is 5.75 Å². The predicted molar refractivity (Wildman–Crippen MR) is 186 cm³/mol. The molecule has 0 saturated heterocycles. The molecular formula is C37H48N4O7. The molecule has 1 heterocycles. The van der Waals surface area contributed by atoms with E-state index < -0.39 is 0 Å². The molecule has 4 N–H and O–H groups in total. The van der Waals surface area contributed by atoms with Gasteiger partial charge in [0.1, 0.15) is 12.4 Å². The largest absolute Gasteiger partial charge is 0.508 e. The molecule has 3 amide bonds. The third-order valence-corrected chi connectivity index (χ3v) is 7.78. The van der Waals surface area contributed by atoms with E-state index in [-0.39, 0.29) is 42.0 Å². The Morgan fingerprint density at radius 1 is 0.833 bits per heavy atom. The van der Waals surface area contributed by atoms with Gasteiger partial charge in [-0.3, -0.25) is 14.4 Å². The fourth-order valence-corrected chi connectivity index (χ4v) is 5.31. The molecule has 0 atom stereocenters. The molecule has 258 valence electrons. The normalized spacial score (nSPS) is 13.7. The first-order valence-corrected chi connectivity index (χ1v) is 16.6. The predicted octanol–water partition coefficient (Wildman–Crippen LogP) is 4.27. The van der Waals surface area contributed by atoms with Crippen molar-refractivity contribution in [3.8, 4) is 5.75 Å². The molecule has 48 heavy (non-hydrogen) atoms. The Kier molecular flexibility index (Phi) is 13.9. The van der Waals surface area contributed by atoms with Crippen LogP contribution >= 0.6 is 0 Å². The highest BCUT2D eigenvalue weighted by molar-refractivity contribution is 6.09. The van der Waals surface area contributed by atoms with Crippen LogP contribution in [-0.2, 0) is 30.2 Å². The number of pyridine rings is 1. The van der Waals surface area contributed by atoms with Gasteiger partial charge in [0.25, 0.3) is 5.91 Å². The number of hydrogen-bond donors (Lipinski definition) is 4. The van der Waals surface area contributed by atoms with Crippen LogP contribution in [0.4, 0.5) is 0 Å². The zero-order valence-electron chi connectivity index (χ0n) is 28.2. The summed E-state index contributed by atoms with van der Waals surface area (Å²) in [7, 11) is 0. The average Bonchev–Trinajstić information content (AvgIpc) is 3.05. The number of rotatable bonds is 17. The van der Waals surface area contributed by atoms with Crippen LogP contribution in [-0.4, -0.2) is 87.1 Å². The first-order valence-electron chi connectivity index (χ1n) is 16.6. The Bertz CT molecular complexity index is 1560. The minimum absolute atomic E-state index is 0.00581. The molecule has 11 nitrogen and oxygen atoms in total. The molecule has 1 aliphatic rings. The smallest absolute Gasteiger partial charge is 0.252 e. The van der Waals surface area contributed by atoms with Gasteiger partial charge >= 0.3 is 0 Å². The number of carbonyl (C=O) groups is 3. The van der Waals surface area contributed by atoms with Crippen LogP contribution < -0.4 is 16.0 Å². The Hall–Kier alpha value is -4.32. The molecule has 1 aliphatic carbocycles. The summed E-state index contributed by atoms with van der Waals surface area (Å²) in [5.74, 6) is -0.564. The second-order valence-electron chi connectivity index (χ2n) is 12.9. The van der Waals surface area contributed by atoms with E-state index in [1.54, 1.807) is 12.1 Å². The van der Waals surface area contributed by atoms with E-state index >= 15 is 0 Å². The molecule has 1 aromatic heterocycles. The van der Waals surface area contributed by atoms with Crippen molar-refractivity contribution in [2.24, 2.45) is 5.41 Å². The van der Waals surface area contributed by atoms with Gasteiger partial charge < -0.3 is 35.3 Å². The summed E-state index contributed by atoms with van der Waals surface area (Å²) in [5.41, 5.74) is 5.09. The van der Waals surface area contributed by atoms with Crippen molar-refractivity contribution in [2.75, 3.05) is 59.3 Å². The van der Waals surface area contributed by atoms with Crippen molar-refractivity contribution >= 4 is 40.3 Å². The van der Waals surface area contributed by atoms with Crippen LogP contribution in [0.1, 0.15) is 67.2 Å². The fourth-order valence-electron chi connectivity index (χ4n) is 5.31. The molecular weight excluding hydrogens is 612 g/mol. The summed E-state index contributed by atoms with van der Waals surface area (Å²) in [4.78, 5) is 42.8. The van der Waals surface area contributed by atoms with E-state index in [0.29, 0.717) is 63.6 Å². The van der Waals surface area contributed by atoms with Gasteiger partial charge in [0.15, 0.2) is 0 Å². The highest BCUT2D eigenvalue weighted by atomic mass is 16.5. The van der Waals surface area contributed by atoms with E-state index in [0.717, 1.165) is 47.0 Å². The molecule has 2 aromatic carbocycles. The molecule has 0 radical (unpaired) electrons. The Balaban J connectivity index is 1.16. The SMILES string of the molecule is CC(C)(C)CCNC(=O)COCCOCCOCCNC(=O)CNC(=O)c1c2c(nc3ccccc13)/C(=C\c1ccc(O)cc1)CCC2. The fraction of sp³-hybridized carbons (Fsp3) is 0.459. The number of hydrogen-bond acceptors (Lipinski definition) is 8. The van der Waals surface area contributed by atoms with Crippen LogP contribution in [0.15, 0.2) is 48.5 Å². The van der Waals surface area contributed by atoms with Gasteiger partial charge in [-0.2, -0.15) is 0 Å². The molecule has 0 saturated carbocycles. The number of benzene rings is 2. The zero-order chi connectivity index (χ0) is 34.4. The van der Waals surface area contributed by atoms with Gasteiger partial charge in [-0.05, 0) is 72.1 Å². The van der Waals surface area contributed by atoms with Crippen LogP contribution in [0, 0.1) is 5.41 Å². The van der Waals surface area contributed by atoms with Crippen LogP contribution in [0.2, 0.25) is 0 Å². The number of allylic oxidation sites excluding steroid dienone is 1. The lowest BCUT2D eigenvalue weighted by atomic mass is 9.85. The third kappa shape index (κ3) is 11.7. The molecule has 0 aliphatic heterocycles. The topological polar surface area (TPSA) is 148 Å². The van der Waals surface area contributed by atoms with Gasteiger partial charge in [-0.1, -0.05) is 51.1 Å². The van der Waals surface area contributed by atoms with Crippen molar-refractivity contribution < 1.29 is 33.7 Å². The van der Waals surface area contributed by atoms with E-state index in [2.05, 4.69) is 42.8 Å². The lowest BCUT2D eigenvalue weighted by Gasteiger charge is -2.23. The first-order chi connectivity index (χ1) is 23.1. The van der Waals surface area contributed by atoms with Gasteiger partial charge in [0.05, 0.1) is 56.4 Å². The second-order valence-corrected chi connectivity index (χ2v) is 12.9. The number of nitrogens with zero attached hydrogens (tertiary/aromatic N) is 1. The number of phenolic OH excluding ortho intramolecular Hbond substituents is 1. The number of aromatic nitrogens is 1. The van der Waals surface area contributed by atoms with Gasteiger partial charge in [-0.15, -0.1) is 0 Å². The summed E-state index contributed by atoms with van der Waals surface area (Å²) in [6, 6.07) is 14.5. The molecule has 4 rings (SSSR count). The van der Waals surface area contributed by atoms with Gasteiger partial charge in [0, 0.05) is 18.5 Å². The first kappa shape index (κ1) is 36.5. The third-order valence-electron chi connectivity index (χ3n) is 7.78. The molecule has 0 fully saturated rings. The summed E-state index contributed by atoms with van der Waals surface area (Å²) < 4.78 is 16.3. The number of nitrogens with one attached hydrogen (secondary N) is 3.